The third kappa shape index (κ3) is 9.27. The molecule has 0 unspecified atom stereocenters. The quantitative estimate of drug-likeness (QED) is 0.152. The average molecular weight is 581 g/mol. The highest BCUT2D eigenvalue weighted by Gasteiger charge is 2.24. The highest BCUT2D eigenvalue weighted by Crippen LogP contribution is 2.30. The number of nitrogens with zero attached hydrogens (tertiary/aromatic N) is 4. The van der Waals surface area contributed by atoms with Crippen LogP contribution < -0.4 is 11.1 Å². The molecule has 3 N–H and O–H groups in total. The smallest absolute Gasteiger partial charge is 0.410 e. The van der Waals surface area contributed by atoms with E-state index < -0.39 is 11.5 Å². The van der Waals surface area contributed by atoms with E-state index >= 15 is 0 Å². The van der Waals surface area contributed by atoms with Crippen LogP contribution in [0.25, 0.3) is 16.5 Å². The molecule has 1 aliphatic heterocycles. The van der Waals surface area contributed by atoms with Crippen LogP contribution in [0.1, 0.15) is 69.9 Å². The number of nitrogens with two attached hydrogens (primary N) is 1. The van der Waals surface area contributed by atoms with Crippen molar-refractivity contribution < 1.29 is 23.8 Å². The number of hydrogen-bond acceptors (Lipinski definition) is 9. The van der Waals surface area contributed by atoms with Gasteiger partial charge < -0.3 is 30.2 Å². The zero-order chi connectivity index (χ0) is 30.9. The van der Waals surface area contributed by atoms with E-state index in [4.69, 9.17) is 19.9 Å². The van der Waals surface area contributed by atoms with Gasteiger partial charge >= 0.3 is 6.09 Å². The number of aromatic nitrogens is 2. The van der Waals surface area contributed by atoms with Gasteiger partial charge in [0.1, 0.15) is 5.60 Å². The third-order valence-electron chi connectivity index (χ3n) is 7.02. The Morgan fingerprint density at radius 3 is 2.62 bits per heavy atom. The monoisotopic (exact) mass is 580 g/mol. The second-order valence-electron chi connectivity index (χ2n) is 11.5. The lowest BCUT2D eigenvalue weighted by Gasteiger charge is -2.29. The highest BCUT2D eigenvalue weighted by molar-refractivity contribution is 6.05. The van der Waals surface area contributed by atoms with E-state index in [1.54, 1.807) is 13.1 Å². The molecule has 1 aromatic heterocycles. The molecule has 0 bridgehead atoms. The number of anilines is 1. The Labute approximate surface area is 248 Å². The van der Waals surface area contributed by atoms with E-state index in [1.165, 1.54) is 4.90 Å². The van der Waals surface area contributed by atoms with Gasteiger partial charge in [0.15, 0.2) is 5.69 Å². The van der Waals surface area contributed by atoms with Crippen LogP contribution in [-0.4, -0.2) is 78.9 Å². The number of ether oxygens (including phenoxy) is 3. The largest absolute Gasteiger partial charge is 0.478 e. The van der Waals surface area contributed by atoms with E-state index in [2.05, 4.69) is 34.1 Å². The number of fused-ring (bicyclic) bond motifs is 1. The fourth-order valence-corrected chi connectivity index (χ4v) is 4.58. The Hall–Kier alpha value is -3.99. The fraction of sp³-hybridized carbons (Fsp3) is 0.516. The van der Waals surface area contributed by atoms with E-state index in [9.17, 15) is 9.59 Å². The van der Waals surface area contributed by atoms with Gasteiger partial charge in [0.05, 0.1) is 17.8 Å². The number of carbonyl (C=O) groups is 2. The molecule has 1 fully saturated rings. The van der Waals surface area contributed by atoms with Crippen LogP contribution >= 0.6 is 0 Å². The van der Waals surface area contributed by atoms with Gasteiger partial charge in [0.25, 0.3) is 5.91 Å². The molecule has 0 radical (unpaired) electrons. The number of hydrogen-bond donors (Lipinski definition) is 2. The second-order valence-corrected chi connectivity index (χ2v) is 11.5. The zero-order valence-corrected chi connectivity index (χ0v) is 25.6. The van der Waals surface area contributed by atoms with Crippen LogP contribution in [0.15, 0.2) is 41.2 Å². The Balaban J connectivity index is 1.73. The standard InChI is InChI=1S/C31H44N6O5/c1-20(9-12-26(33-6)41-16-8-15-37(7)30(39)42-31(3,4)5)23-10-11-25-24(19-23)27(28(29(32)38)36-35-25)34-21(2)22-13-17-40-18-14-22/h9-12,19,21-22H,6,8,13-18H2,1-5,7H3,(H2,32,38)(H,34,35)/b20-9+,26-12+/t21-/m0/s1. The van der Waals surface area contributed by atoms with Crippen molar-refractivity contribution in [1.82, 2.24) is 15.1 Å². The molecule has 42 heavy (non-hydrogen) atoms. The molecule has 0 spiro atoms. The van der Waals surface area contributed by atoms with E-state index in [-0.39, 0.29) is 17.8 Å². The van der Waals surface area contributed by atoms with Gasteiger partial charge in [0.2, 0.25) is 5.88 Å². The molecule has 1 atom stereocenters. The number of nitrogens with one attached hydrogen (secondary N) is 1. The zero-order valence-electron chi connectivity index (χ0n) is 25.6. The van der Waals surface area contributed by atoms with Crippen molar-refractivity contribution in [2.45, 2.75) is 65.5 Å². The normalized spacial score (nSPS) is 15.7. The van der Waals surface area contributed by atoms with E-state index in [0.29, 0.717) is 42.6 Å². The van der Waals surface area contributed by atoms with Crippen LogP contribution in [0.2, 0.25) is 0 Å². The Bertz CT molecular complexity index is 1330. The summed E-state index contributed by atoms with van der Waals surface area (Å²) in [6.45, 7) is 15.5. The number of allylic oxidation sites excluding steroid dienone is 3. The molecule has 1 aliphatic rings. The number of rotatable bonds is 12. The van der Waals surface area contributed by atoms with Crippen LogP contribution in [0.5, 0.6) is 0 Å². The number of amides is 2. The SMILES string of the molecule is C=N/C(=C\C=C(/C)c1ccc2nnc(C(N)=O)c(N[C@@H](C)C3CCOCC3)c2c1)OCCCN(C)C(=O)OC(C)(C)C. The molecule has 1 saturated heterocycles. The molecule has 1 aromatic carbocycles. The lowest BCUT2D eigenvalue weighted by Crippen LogP contribution is -2.35. The first-order valence-electron chi connectivity index (χ1n) is 14.3. The van der Waals surface area contributed by atoms with Crippen LogP contribution in [0, 0.1) is 5.92 Å². The number of carbonyl (C=O) groups excluding carboxylic acids is 2. The van der Waals surface area contributed by atoms with Gasteiger partial charge in [-0.1, -0.05) is 12.1 Å². The van der Waals surface area contributed by atoms with Crippen molar-refractivity contribution in [3.05, 3.63) is 47.5 Å². The molecule has 2 aromatic rings. The van der Waals surface area contributed by atoms with Gasteiger partial charge in [-0.25, -0.2) is 9.79 Å². The number of primary amides is 1. The minimum absolute atomic E-state index is 0.0879. The second kappa shape index (κ2) is 14.8. The van der Waals surface area contributed by atoms with Gasteiger partial charge in [0, 0.05) is 44.3 Å². The molecule has 2 heterocycles. The maximum absolute atomic E-state index is 12.3. The molecule has 0 aliphatic carbocycles. The van der Waals surface area contributed by atoms with Crippen LogP contribution in [-0.2, 0) is 14.2 Å². The summed E-state index contributed by atoms with van der Waals surface area (Å²) < 4.78 is 16.6. The number of benzene rings is 1. The van der Waals surface area contributed by atoms with Crippen molar-refractivity contribution in [1.29, 1.82) is 0 Å². The summed E-state index contributed by atoms with van der Waals surface area (Å²) in [6.07, 6.45) is 5.74. The summed E-state index contributed by atoms with van der Waals surface area (Å²) >= 11 is 0. The van der Waals surface area contributed by atoms with Crippen LogP contribution in [0.4, 0.5) is 10.5 Å². The summed E-state index contributed by atoms with van der Waals surface area (Å²) in [4.78, 5) is 29.9. The minimum Gasteiger partial charge on any atom is -0.478 e. The molecule has 11 heteroatoms. The third-order valence-corrected chi connectivity index (χ3v) is 7.02. The first-order valence-corrected chi connectivity index (χ1v) is 14.3. The topological polar surface area (TPSA) is 141 Å². The molecule has 3 rings (SSSR count). The lowest BCUT2D eigenvalue weighted by atomic mass is 9.92. The summed E-state index contributed by atoms with van der Waals surface area (Å²) in [7, 11) is 1.69. The maximum atomic E-state index is 12.3. The van der Waals surface area contributed by atoms with Gasteiger partial charge in [-0.3, -0.25) is 4.79 Å². The summed E-state index contributed by atoms with van der Waals surface area (Å²) in [6, 6.07) is 5.88. The number of aliphatic imine (C=N–C) groups is 1. The Kier molecular flexibility index (Phi) is 11.4. The summed E-state index contributed by atoms with van der Waals surface area (Å²) in [5.74, 6) is 0.132. The first-order chi connectivity index (χ1) is 19.9. The van der Waals surface area contributed by atoms with Crippen molar-refractivity contribution in [2.75, 3.05) is 38.7 Å². The molecule has 0 saturated carbocycles. The Morgan fingerprint density at radius 1 is 1.26 bits per heavy atom. The molecule has 11 nitrogen and oxygen atoms in total. The van der Waals surface area contributed by atoms with E-state index in [1.807, 2.05) is 52.0 Å². The summed E-state index contributed by atoms with van der Waals surface area (Å²) in [5, 5.41) is 12.6. The average Bonchev–Trinajstić information content (AvgIpc) is 2.95. The molecule has 228 valence electrons. The highest BCUT2D eigenvalue weighted by atomic mass is 16.6. The van der Waals surface area contributed by atoms with Gasteiger partial charge in [-0.15, -0.1) is 10.2 Å². The summed E-state index contributed by atoms with van der Waals surface area (Å²) in [5.41, 5.74) is 8.36. The van der Waals surface area contributed by atoms with Crippen molar-refractivity contribution in [2.24, 2.45) is 16.6 Å². The molecular weight excluding hydrogens is 536 g/mol. The lowest BCUT2D eigenvalue weighted by molar-refractivity contribution is 0.0287. The fourth-order valence-electron chi connectivity index (χ4n) is 4.58. The van der Waals surface area contributed by atoms with Crippen molar-refractivity contribution in [3.63, 3.8) is 0 Å². The Morgan fingerprint density at radius 2 is 1.98 bits per heavy atom. The predicted molar refractivity (Wildman–Crippen MR) is 165 cm³/mol. The van der Waals surface area contributed by atoms with Crippen molar-refractivity contribution >= 4 is 40.9 Å². The van der Waals surface area contributed by atoms with Crippen LogP contribution in [0.3, 0.4) is 0 Å². The molecule has 2 amide bonds. The van der Waals surface area contributed by atoms with Crippen molar-refractivity contribution in [3.8, 4) is 0 Å². The first kappa shape index (κ1) is 32.5. The molecular formula is C31H44N6O5. The minimum atomic E-state index is -0.636. The van der Waals surface area contributed by atoms with E-state index in [0.717, 1.165) is 42.6 Å². The van der Waals surface area contributed by atoms with Gasteiger partial charge in [-0.05, 0) is 89.8 Å². The maximum Gasteiger partial charge on any atom is 0.410 e. The predicted octanol–water partition coefficient (Wildman–Crippen LogP) is 5.17. The van der Waals surface area contributed by atoms with Gasteiger partial charge in [-0.2, -0.15) is 0 Å².